The summed E-state index contributed by atoms with van der Waals surface area (Å²) < 4.78 is 0. The summed E-state index contributed by atoms with van der Waals surface area (Å²) in [6.45, 7) is 0.440. The molecule has 0 aliphatic carbocycles. The second-order valence-corrected chi connectivity index (χ2v) is 2.54. The van der Waals surface area contributed by atoms with Crippen LogP contribution in [0.15, 0.2) is 0 Å². The van der Waals surface area contributed by atoms with E-state index in [0.717, 1.165) is 0 Å². The highest BCUT2D eigenvalue weighted by molar-refractivity contribution is 6.05. The summed E-state index contributed by atoms with van der Waals surface area (Å²) in [5.41, 5.74) is 0. The van der Waals surface area contributed by atoms with Crippen LogP contribution in [0.1, 0.15) is 6.42 Å². The number of piperidine rings is 1. The Kier molecular flexibility index (Phi) is 1.90. The molecule has 1 fully saturated rings. The molecule has 0 radical (unpaired) electrons. The van der Waals surface area contributed by atoms with Crippen molar-refractivity contribution in [1.82, 2.24) is 4.90 Å². The minimum atomic E-state index is -1.05. The Labute approximate surface area is 64.4 Å². The first-order valence-electron chi connectivity index (χ1n) is 3.34. The number of nitrogens with zero attached hydrogens (tertiary/aromatic N) is 2. The highest BCUT2D eigenvalue weighted by Gasteiger charge is 2.33. The van der Waals surface area contributed by atoms with Gasteiger partial charge in [0, 0.05) is 20.0 Å². The molecule has 1 heterocycles. The standard InChI is InChI=1S/C7H8N2O2/c1-9-3-2-6(10)5(4-8)7(9)11/h5H,2-3H2,1H3. The molecule has 0 aromatic carbocycles. The average Bonchev–Trinajstić information content (AvgIpc) is 1.99. The maximum Gasteiger partial charge on any atom is 0.247 e. The highest BCUT2D eigenvalue weighted by Crippen LogP contribution is 2.11. The zero-order valence-electron chi connectivity index (χ0n) is 6.20. The maximum absolute atomic E-state index is 11.0. The van der Waals surface area contributed by atoms with Crippen molar-refractivity contribution in [2.75, 3.05) is 13.6 Å². The number of hydrogen-bond donors (Lipinski definition) is 0. The van der Waals surface area contributed by atoms with Gasteiger partial charge in [-0.3, -0.25) is 9.59 Å². The fraction of sp³-hybridized carbons (Fsp3) is 0.571. The molecule has 58 valence electrons. The van der Waals surface area contributed by atoms with Gasteiger partial charge in [-0.25, -0.2) is 0 Å². The summed E-state index contributed by atoms with van der Waals surface area (Å²) >= 11 is 0. The summed E-state index contributed by atoms with van der Waals surface area (Å²) in [6.07, 6.45) is 0.306. The van der Waals surface area contributed by atoms with Crippen LogP contribution in [-0.4, -0.2) is 30.2 Å². The lowest BCUT2D eigenvalue weighted by atomic mass is 9.98. The summed E-state index contributed by atoms with van der Waals surface area (Å²) in [6, 6.07) is 1.69. The molecule has 0 N–H and O–H groups in total. The van der Waals surface area contributed by atoms with Crippen LogP contribution < -0.4 is 0 Å². The third-order valence-corrected chi connectivity index (χ3v) is 1.77. The van der Waals surface area contributed by atoms with Gasteiger partial charge in [0.2, 0.25) is 5.91 Å². The van der Waals surface area contributed by atoms with Crippen molar-refractivity contribution in [3.63, 3.8) is 0 Å². The molecule has 4 heteroatoms. The topological polar surface area (TPSA) is 61.2 Å². The zero-order valence-corrected chi connectivity index (χ0v) is 6.20. The molecule has 1 amide bonds. The summed E-state index contributed by atoms with van der Waals surface area (Å²) in [5.74, 6) is -1.67. The van der Waals surface area contributed by atoms with E-state index in [1.54, 1.807) is 13.1 Å². The van der Waals surface area contributed by atoms with Crippen LogP contribution in [0.3, 0.4) is 0 Å². The number of rotatable bonds is 0. The van der Waals surface area contributed by atoms with Crippen molar-refractivity contribution < 1.29 is 9.59 Å². The van der Waals surface area contributed by atoms with Crippen LogP contribution in [-0.2, 0) is 9.59 Å². The Balaban J connectivity index is 2.82. The Bertz CT molecular complexity index is 241. The molecule has 1 rings (SSSR count). The lowest BCUT2D eigenvalue weighted by Gasteiger charge is -2.23. The van der Waals surface area contributed by atoms with Crippen LogP contribution in [0.2, 0.25) is 0 Å². The number of nitriles is 1. The average molecular weight is 152 g/mol. The van der Waals surface area contributed by atoms with Gasteiger partial charge in [-0.2, -0.15) is 5.26 Å². The summed E-state index contributed by atoms with van der Waals surface area (Å²) in [4.78, 5) is 23.4. The minimum Gasteiger partial charge on any atom is -0.344 e. The molecule has 0 saturated carbocycles. The molecule has 1 saturated heterocycles. The fourth-order valence-corrected chi connectivity index (χ4v) is 1.02. The Morgan fingerprint density at radius 3 is 2.73 bits per heavy atom. The SMILES string of the molecule is CN1CCC(=O)C(C#N)C1=O. The van der Waals surface area contributed by atoms with Crippen LogP contribution >= 0.6 is 0 Å². The highest BCUT2D eigenvalue weighted by atomic mass is 16.2. The first-order chi connectivity index (χ1) is 5.16. The molecule has 1 atom stereocenters. The number of likely N-dealkylation sites (tertiary alicyclic amines) is 1. The van der Waals surface area contributed by atoms with E-state index >= 15 is 0 Å². The van der Waals surface area contributed by atoms with E-state index in [1.165, 1.54) is 4.90 Å². The number of amides is 1. The van der Waals surface area contributed by atoms with Gasteiger partial charge < -0.3 is 4.90 Å². The molecule has 0 spiro atoms. The van der Waals surface area contributed by atoms with Crippen LogP contribution in [0, 0.1) is 17.2 Å². The molecular weight excluding hydrogens is 144 g/mol. The third-order valence-electron chi connectivity index (χ3n) is 1.77. The van der Waals surface area contributed by atoms with E-state index < -0.39 is 5.92 Å². The lowest BCUT2D eigenvalue weighted by molar-refractivity contribution is -0.141. The number of hydrogen-bond acceptors (Lipinski definition) is 3. The van der Waals surface area contributed by atoms with Gasteiger partial charge in [0.1, 0.15) is 0 Å². The first-order valence-corrected chi connectivity index (χ1v) is 3.34. The van der Waals surface area contributed by atoms with E-state index in [1.807, 2.05) is 0 Å². The lowest BCUT2D eigenvalue weighted by Crippen LogP contribution is -2.42. The minimum absolute atomic E-state index is 0.254. The van der Waals surface area contributed by atoms with E-state index in [2.05, 4.69) is 0 Å². The molecule has 0 aromatic heterocycles. The molecule has 1 aliphatic heterocycles. The van der Waals surface area contributed by atoms with Crippen LogP contribution in [0.25, 0.3) is 0 Å². The maximum atomic E-state index is 11.0. The molecule has 0 bridgehead atoms. The Morgan fingerprint density at radius 2 is 2.27 bits per heavy atom. The molecule has 1 unspecified atom stereocenters. The second kappa shape index (κ2) is 2.70. The fourth-order valence-electron chi connectivity index (χ4n) is 1.02. The monoisotopic (exact) mass is 152 g/mol. The van der Waals surface area contributed by atoms with Crippen LogP contribution in [0.4, 0.5) is 0 Å². The van der Waals surface area contributed by atoms with Crippen molar-refractivity contribution in [3.8, 4) is 6.07 Å². The van der Waals surface area contributed by atoms with Gasteiger partial charge in [0.25, 0.3) is 0 Å². The third kappa shape index (κ3) is 1.22. The Hall–Kier alpha value is -1.37. The van der Waals surface area contributed by atoms with E-state index in [0.29, 0.717) is 13.0 Å². The van der Waals surface area contributed by atoms with Crippen molar-refractivity contribution in [3.05, 3.63) is 0 Å². The number of Topliss-reactive ketones (excluding diaryl/α,β-unsaturated/α-hetero) is 1. The number of ketones is 1. The summed E-state index contributed by atoms with van der Waals surface area (Å²) in [5, 5.41) is 8.43. The largest absolute Gasteiger partial charge is 0.344 e. The van der Waals surface area contributed by atoms with E-state index in [-0.39, 0.29) is 11.7 Å². The van der Waals surface area contributed by atoms with Crippen molar-refractivity contribution in [2.24, 2.45) is 5.92 Å². The Morgan fingerprint density at radius 1 is 1.64 bits per heavy atom. The predicted molar refractivity (Wildman–Crippen MR) is 36.4 cm³/mol. The molecule has 1 aliphatic rings. The van der Waals surface area contributed by atoms with Crippen molar-refractivity contribution in [1.29, 1.82) is 5.26 Å². The predicted octanol–water partition coefficient (Wildman–Crippen LogP) is -0.443. The molecule has 11 heavy (non-hydrogen) atoms. The zero-order chi connectivity index (χ0) is 8.43. The first kappa shape index (κ1) is 7.73. The van der Waals surface area contributed by atoms with Gasteiger partial charge in [-0.15, -0.1) is 0 Å². The normalized spacial score (nSPS) is 25.1. The molecular formula is C7H8N2O2. The van der Waals surface area contributed by atoms with Gasteiger partial charge in [0.05, 0.1) is 6.07 Å². The number of carbonyl (C=O) groups is 2. The second-order valence-electron chi connectivity index (χ2n) is 2.54. The van der Waals surface area contributed by atoms with E-state index in [9.17, 15) is 9.59 Å². The van der Waals surface area contributed by atoms with Crippen LogP contribution in [0.5, 0.6) is 0 Å². The molecule has 4 nitrogen and oxygen atoms in total. The van der Waals surface area contributed by atoms with E-state index in [4.69, 9.17) is 5.26 Å². The van der Waals surface area contributed by atoms with Gasteiger partial charge in [-0.1, -0.05) is 0 Å². The smallest absolute Gasteiger partial charge is 0.247 e. The van der Waals surface area contributed by atoms with Gasteiger partial charge >= 0.3 is 0 Å². The number of carbonyl (C=O) groups excluding carboxylic acids is 2. The van der Waals surface area contributed by atoms with Gasteiger partial charge in [-0.05, 0) is 0 Å². The van der Waals surface area contributed by atoms with Crippen molar-refractivity contribution >= 4 is 11.7 Å². The van der Waals surface area contributed by atoms with Crippen molar-refractivity contribution in [2.45, 2.75) is 6.42 Å². The molecule has 0 aromatic rings. The quantitative estimate of drug-likeness (QED) is 0.442. The van der Waals surface area contributed by atoms with Gasteiger partial charge in [0.15, 0.2) is 11.7 Å². The summed E-state index contributed by atoms with van der Waals surface area (Å²) in [7, 11) is 1.60.